The van der Waals surface area contributed by atoms with Crippen LogP contribution in [0.3, 0.4) is 0 Å². The highest BCUT2D eigenvalue weighted by atomic mass is 32.2. The highest BCUT2D eigenvalue weighted by Crippen LogP contribution is 2.30. The molecule has 3 heterocycles. The van der Waals surface area contributed by atoms with Gasteiger partial charge in [-0.2, -0.15) is 13.2 Å². The van der Waals surface area contributed by atoms with Gasteiger partial charge in [-0.25, -0.2) is 22.8 Å². The molecular formula is C23H17F4N5O3S. The van der Waals surface area contributed by atoms with Crippen molar-refractivity contribution in [3.8, 4) is 0 Å². The number of alkyl halides is 3. The number of hydrogen-bond acceptors (Lipinski definition) is 7. The van der Waals surface area contributed by atoms with Crippen LogP contribution in [0.4, 0.5) is 29.1 Å². The molecule has 4 rings (SSSR count). The Morgan fingerprint density at radius 2 is 1.83 bits per heavy atom. The lowest BCUT2D eigenvalue weighted by molar-refractivity contribution is -0.141. The summed E-state index contributed by atoms with van der Waals surface area (Å²) in [5.74, 6) is -1.84. The number of fused-ring (bicyclic) bond motifs is 1. The number of hydrogen-bond donors (Lipinski definition) is 1. The molecule has 0 fully saturated rings. The predicted molar refractivity (Wildman–Crippen MR) is 123 cm³/mol. The molecule has 13 heteroatoms. The Kier molecular flexibility index (Phi) is 6.35. The van der Waals surface area contributed by atoms with Gasteiger partial charge in [0.1, 0.15) is 5.69 Å². The number of carbonyl (C=O) groups is 1. The third-order valence-electron chi connectivity index (χ3n) is 5.14. The molecule has 0 atom stereocenters. The van der Waals surface area contributed by atoms with E-state index in [1.54, 1.807) is 12.1 Å². The first-order valence-corrected chi connectivity index (χ1v) is 12.1. The van der Waals surface area contributed by atoms with Crippen molar-refractivity contribution in [2.75, 3.05) is 16.9 Å². The van der Waals surface area contributed by atoms with Gasteiger partial charge in [-0.15, -0.1) is 0 Å². The first-order chi connectivity index (χ1) is 16.8. The molecule has 186 valence electrons. The van der Waals surface area contributed by atoms with Crippen molar-refractivity contribution in [1.82, 2.24) is 15.0 Å². The Labute approximate surface area is 202 Å². The van der Waals surface area contributed by atoms with Crippen molar-refractivity contribution in [2.24, 2.45) is 0 Å². The van der Waals surface area contributed by atoms with Crippen LogP contribution >= 0.6 is 0 Å². The Bertz CT molecular complexity index is 1580. The molecule has 0 saturated heterocycles. The first kappa shape index (κ1) is 25.0. The molecule has 0 aliphatic heterocycles. The SMILES string of the molecule is CS(=O)(=O)c1ncccc1N(Cc1ccc2cc(F)c(N)nc2c1)C(=O)c1ccc(C(F)(F)F)nc1. The second-order valence-electron chi connectivity index (χ2n) is 7.80. The van der Waals surface area contributed by atoms with E-state index in [-0.39, 0.29) is 23.6 Å². The van der Waals surface area contributed by atoms with Crippen LogP contribution in [0.2, 0.25) is 0 Å². The number of aromatic nitrogens is 3. The van der Waals surface area contributed by atoms with Gasteiger partial charge in [-0.3, -0.25) is 9.78 Å². The van der Waals surface area contributed by atoms with E-state index in [0.717, 1.165) is 23.4 Å². The van der Waals surface area contributed by atoms with E-state index in [1.165, 1.54) is 30.5 Å². The van der Waals surface area contributed by atoms with E-state index in [1.807, 2.05) is 0 Å². The molecule has 0 saturated carbocycles. The topological polar surface area (TPSA) is 119 Å². The van der Waals surface area contributed by atoms with Crippen molar-refractivity contribution in [3.63, 3.8) is 0 Å². The molecule has 2 N–H and O–H groups in total. The summed E-state index contributed by atoms with van der Waals surface area (Å²) in [6.45, 7) is -0.219. The number of nitrogens with zero attached hydrogens (tertiary/aromatic N) is 4. The monoisotopic (exact) mass is 519 g/mol. The van der Waals surface area contributed by atoms with Crippen LogP contribution in [0.5, 0.6) is 0 Å². The van der Waals surface area contributed by atoms with Crippen LogP contribution in [-0.4, -0.2) is 35.5 Å². The summed E-state index contributed by atoms with van der Waals surface area (Å²) in [6, 6.07) is 10.2. The molecule has 36 heavy (non-hydrogen) atoms. The minimum Gasteiger partial charge on any atom is -0.381 e. The van der Waals surface area contributed by atoms with Gasteiger partial charge >= 0.3 is 6.18 Å². The third kappa shape index (κ3) is 5.10. The molecule has 0 radical (unpaired) electrons. The van der Waals surface area contributed by atoms with Crippen LogP contribution in [0.15, 0.2) is 66.0 Å². The van der Waals surface area contributed by atoms with E-state index >= 15 is 0 Å². The number of anilines is 2. The van der Waals surface area contributed by atoms with Gasteiger partial charge in [0.2, 0.25) is 0 Å². The van der Waals surface area contributed by atoms with Crippen LogP contribution in [-0.2, 0) is 22.6 Å². The van der Waals surface area contributed by atoms with E-state index < -0.39 is 38.5 Å². The molecule has 1 amide bonds. The zero-order chi connectivity index (χ0) is 26.3. The molecule has 0 aliphatic carbocycles. The molecule has 0 unspecified atom stereocenters. The minimum absolute atomic E-state index is 0.0865. The highest BCUT2D eigenvalue weighted by molar-refractivity contribution is 7.90. The molecule has 0 aliphatic rings. The van der Waals surface area contributed by atoms with Gasteiger partial charge in [0.15, 0.2) is 26.5 Å². The average Bonchev–Trinajstić information content (AvgIpc) is 2.82. The second kappa shape index (κ2) is 9.15. The number of rotatable bonds is 5. The fraction of sp³-hybridized carbons (Fsp3) is 0.130. The number of benzene rings is 1. The van der Waals surface area contributed by atoms with Crippen LogP contribution in [0, 0.1) is 5.82 Å². The predicted octanol–water partition coefficient (Wildman–Crippen LogP) is 4.02. The summed E-state index contributed by atoms with van der Waals surface area (Å²) in [7, 11) is -3.90. The van der Waals surface area contributed by atoms with Gasteiger partial charge in [-0.1, -0.05) is 12.1 Å². The summed E-state index contributed by atoms with van der Waals surface area (Å²) < 4.78 is 77.3. The maximum Gasteiger partial charge on any atom is 0.433 e. The Balaban J connectivity index is 1.81. The van der Waals surface area contributed by atoms with Crippen LogP contribution in [0.25, 0.3) is 10.9 Å². The molecule has 0 spiro atoms. The van der Waals surface area contributed by atoms with Crippen molar-refractivity contribution in [3.05, 3.63) is 83.6 Å². The quantitative estimate of drug-likeness (QED) is 0.396. The third-order valence-corrected chi connectivity index (χ3v) is 6.16. The fourth-order valence-electron chi connectivity index (χ4n) is 3.47. The maximum absolute atomic E-state index is 13.8. The maximum atomic E-state index is 13.8. The molecule has 8 nitrogen and oxygen atoms in total. The lowest BCUT2D eigenvalue weighted by Gasteiger charge is -2.24. The Morgan fingerprint density at radius 3 is 2.47 bits per heavy atom. The number of sulfone groups is 1. The van der Waals surface area contributed by atoms with Gasteiger partial charge in [0.25, 0.3) is 5.91 Å². The van der Waals surface area contributed by atoms with Gasteiger partial charge in [-0.05, 0) is 42.0 Å². The molecule has 0 bridgehead atoms. The van der Waals surface area contributed by atoms with E-state index in [9.17, 15) is 30.8 Å². The smallest absolute Gasteiger partial charge is 0.381 e. The molecular weight excluding hydrogens is 502 g/mol. The van der Waals surface area contributed by atoms with E-state index in [0.29, 0.717) is 22.5 Å². The Hall–Kier alpha value is -4.13. The zero-order valence-electron chi connectivity index (χ0n) is 18.5. The summed E-state index contributed by atoms with van der Waals surface area (Å²) in [5, 5.41) is 0.0388. The standard InChI is InChI=1S/C23H17F4N5O3S/c1-36(34,35)21-18(3-2-8-29-21)32(22(33)15-6-7-19(30-11-15)23(25,26)27)12-13-4-5-14-10-16(24)20(28)31-17(14)9-13/h2-11H,12H2,1H3,(H2,28,31). The number of nitrogen functional groups attached to an aromatic ring is 1. The zero-order valence-corrected chi connectivity index (χ0v) is 19.3. The summed E-state index contributed by atoms with van der Waals surface area (Å²) in [6.07, 6.45) is -1.79. The van der Waals surface area contributed by atoms with Crippen molar-refractivity contribution < 1.29 is 30.8 Å². The van der Waals surface area contributed by atoms with Crippen molar-refractivity contribution >= 4 is 38.2 Å². The second-order valence-corrected chi connectivity index (χ2v) is 9.73. The van der Waals surface area contributed by atoms with Crippen LogP contribution in [0.1, 0.15) is 21.6 Å². The number of nitrogens with two attached hydrogens (primary N) is 1. The lowest BCUT2D eigenvalue weighted by Crippen LogP contribution is -2.32. The normalized spacial score (nSPS) is 12.0. The summed E-state index contributed by atoms with van der Waals surface area (Å²) >= 11 is 0. The highest BCUT2D eigenvalue weighted by Gasteiger charge is 2.33. The largest absolute Gasteiger partial charge is 0.433 e. The molecule has 3 aromatic heterocycles. The Morgan fingerprint density at radius 1 is 1.08 bits per heavy atom. The first-order valence-electron chi connectivity index (χ1n) is 10.2. The van der Waals surface area contributed by atoms with Gasteiger partial charge in [0.05, 0.1) is 23.3 Å². The van der Waals surface area contributed by atoms with Crippen molar-refractivity contribution in [2.45, 2.75) is 17.7 Å². The minimum atomic E-state index is -4.70. The lowest BCUT2D eigenvalue weighted by atomic mass is 10.1. The van der Waals surface area contributed by atoms with E-state index in [2.05, 4.69) is 15.0 Å². The average molecular weight is 519 g/mol. The summed E-state index contributed by atoms with van der Waals surface area (Å²) in [5.41, 5.74) is 4.85. The number of halogens is 4. The number of pyridine rings is 3. The van der Waals surface area contributed by atoms with Crippen LogP contribution < -0.4 is 10.6 Å². The number of carbonyl (C=O) groups excluding carboxylic acids is 1. The molecule has 1 aromatic carbocycles. The van der Waals surface area contributed by atoms with Gasteiger partial charge in [0, 0.05) is 24.0 Å². The molecule has 4 aromatic rings. The summed E-state index contributed by atoms with van der Waals surface area (Å²) in [4.78, 5) is 25.7. The van der Waals surface area contributed by atoms with Gasteiger partial charge < -0.3 is 10.6 Å². The van der Waals surface area contributed by atoms with E-state index in [4.69, 9.17) is 5.73 Å². The fourth-order valence-corrected chi connectivity index (χ4v) is 4.28. The number of amides is 1. The van der Waals surface area contributed by atoms with Crippen molar-refractivity contribution in [1.29, 1.82) is 0 Å².